The van der Waals surface area contributed by atoms with Crippen LogP contribution < -0.4 is 5.73 Å². The summed E-state index contributed by atoms with van der Waals surface area (Å²) >= 11 is 4.86. The molecule has 0 aliphatic rings. The van der Waals surface area contributed by atoms with Gasteiger partial charge in [0, 0.05) is 19.5 Å². The number of nitrogens with two attached hydrogens (primary N) is 1. The molecule has 0 spiro atoms. The van der Waals surface area contributed by atoms with Gasteiger partial charge in [-0.1, -0.05) is 51.5 Å². The predicted octanol–water partition coefficient (Wildman–Crippen LogP) is 2.57. The normalized spacial score (nSPS) is 13.3. The van der Waals surface area contributed by atoms with Crippen molar-refractivity contribution in [2.45, 2.75) is 38.5 Å². The summed E-state index contributed by atoms with van der Waals surface area (Å²) in [7, 11) is -3.43. The van der Waals surface area contributed by atoms with E-state index in [1.54, 1.807) is 24.3 Å². The van der Waals surface area contributed by atoms with E-state index in [9.17, 15) is 8.42 Å². The van der Waals surface area contributed by atoms with Crippen molar-refractivity contribution in [2.75, 3.05) is 13.1 Å². The zero-order chi connectivity index (χ0) is 16.0. The molecule has 118 valence electrons. The molecule has 1 aromatic carbocycles. The second-order valence-corrected chi connectivity index (χ2v) is 7.72. The fraction of sp³-hybridized carbons (Fsp3) is 0.533. The highest BCUT2D eigenvalue weighted by molar-refractivity contribution is 7.89. The Morgan fingerprint density at radius 2 is 1.86 bits per heavy atom. The highest BCUT2D eigenvalue weighted by atomic mass is 32.2. The van der Waals surface area contributed by atoms with Gasteiger partial charge in [-0.3, -0.25) is 0 Å². The third-order valence-electron chi connectivity index (χ3n) is 3.50. The summed E-state index contributed by atoms with van der Waals surface area (Å²) in [4.78, 5) is 0.719. The molecule has 1 rings (SSSR count). The van der Waals surface area contributed by atoms with Gasteiger partial charge in [-0.2, -0.15) is 4.31 Å². The highest BCUT2D eigenvalue weighted by Crippen LogP contribution is 2.18. The number of hydrogen-bond donors (Lipinski definition) is 1. The number of hydrogen-bond acceptors (Lipinski definition) is 3. The molecule has 4 nitrogen and oxygen atoms in total. The largest absolute Gasteiger partial charge is 0.393 e. The maximum atomic E-state index is 12.6. The zero-order valence-electron chi connectivity index (χ0n) is 12.9. The van der Waals surface area contributed by atoms with Gasteiger partial charge >= 0.3 is 0 Å². The van der Waals surface area contributed by atoms with E-state index in [0.717, 1.165) is 12.0 Å². The fourth-order valence-corrected chi connectivity index (χ4v) is 3.74. The van der Waals surface area contributed by atoms with Gasteiger partial charge in [-0.15, -0.1) is 0 Å². The minimum atomic E-state index is -3.43. The number of benzene rings is 1. The van der Waals surface area contributed by atoms with Crippen LogP contribution in [0.25, 0.3) is 0 Å². The summed E-state index contributed by atoms with van der Waals surface area (Å²) in [5, 5.41) is 0. The molecular formula is C15H24N2O2S2. The van der Waals surface area contributed by atoms with Gasteiger partial charge in [0.25, 0.3) is 0 Å². The van der Waals surface area contributed by atoms with E-state index >= 15 is 0 Å². The van der Waals surface area contributed by atoms with E-state index in [4.69, 9.17) is 18.0 Å². The topological polar surface area (TPSA) is 63.4 Å². The number of thiocarbonyl (C=S) groups is 1. The molecule has 1 unspecified atom stereocenters. The first kappa shape index (κ1) is 18.1. The van der Waals surface area contributed by atoms with Crippen molar-refractivity contribution in [2.24, 2.45) is 11.7 Å². The first-order valence-electron chi connectivity index (χ1n) is 7.18. The molecule has 6 heteroatoms. The summed E-state index contributed by atoms with van der Waals surface area (Å²) in [5.41, 5.74) is 6.42. The number of nitrogens with zero attached hydrogens (tertiary/aromatic N) is 1. The van der Waals surface area contributed by atoms with Crippen molar-refractivity contribution < 1.29 is 8.42 Å². The Bertz CT molecular complexity index is 568. The Morgan fingerprint density at radius 3 is 2.29 bits per heavy atom. The van der Waals surface area contributed by atoms with Gasteiger partial charge < -0.3 is 5.73 Å². The quantitative estimate of drug-likeness (QED) is 0.745. The average molecular weight is 329 g/mol. The molecule has 0 heterocycles. The molecule has 0 aromatic heterocycles. The second-order valence-electron chi connectivity index (χ2n) is 5.26. The minimum absolute atomic E-state index is 0.319. The first-order chi connectivity index (χ1) is 9.81. The van der Waals surface area contributed by atoms with Crippen LogP contribution in [-0.4, -0.2) is 30.8 Å². The summed E-state index contributed by atoms with van der Waals surface area (Å²) in [6, 6.07) is 6.79. The summed E-state index contributed by atoms with van der Waals surface area (Å²) in [6.45, 7) is 7.01. The van der Waals surface area contributed by atoms with E-state index in [2.05, 4.69) is 13.8 Å². The van der Waals surface area contributed by atoms with Crippen LogP contribution in [0, 0.1) is 5.92 Å². The zero-order valence-corrected chi connectivity index (χ0v) is 14.5. The van der Waals surface area contributed by atoms with Crippen molar-refractivity contribution in [3.05, 3.63) is 29.8 Å². The first-order valence-corrected chi connectivity index (χ1v) is 9.03. The van der Waals surface area contributed by atoms with Crippen LogP contribution in [0.5, 0.6) is 0 Å². The highest BCUT2D eigenvalue weighted by Gasteiger charge is 2.24. The van der Waals surface area contributed by atoms with Crippen molar-refractivity contribution in [1.82, 2.24) is 4.31 Å². The average Bonchev–Trinajstić information content (AvgIpc) is 2.44. The van der Waals surface area contributed by atoms with Gasteiger partial charge in [0.15, 0.2) is 0 Å². The lowest BCUT2D eigenvalue weighted by molar-refractivity contribution is 0.361. The Hall–Kier alpha value is -0.980. The molecule has 0 bridgehead atoms. The molecule has 0 fully saturated rings. The summed E-state index contributed by atoms with van der Waals surface area (Å²) in [5.74, 6) is 0.341. The van der Waals surface area contributed by atoms with Gasteiger partial charge in [0.2, 0.25) is 10.0 Å². The molecule has 0 saturated carbocycles. The van der Waals surface area contributed by atoms with E-state index in [0.29, 0.717) is 35.3 Å². The Balaban J connectivity index is 2.97. The third kappa shape index (κ3) is 5.05. The monoisotopic (exact) mass is 328 g/mol. The summed E-state index contributed by atoms with van der Waals surface area (Å²) < 4.78 is 26.8. The molecule has 0 amide bonds. The minimum Gasteiger partial charge on any atom is -0.393 e. The Labute approximate surface area is 133 Å². The lowest BCUT2D eigenvalue weighted by atomic mass is 10.1. The number of sulfonamides is 1. The maximum absolute atomic E-state index is 12.6. The molecular weight excluding hydrogens is 304 g/mol. The Morgan fingerprint density at radius 1 is 1.29 bits per heavy atom. The molecule has 1 atom stereocenters. The maximum Gasteiger partial charge on any atom is 0.243 e. The Kier molecular flexibility index (Phi) is 6.77. The lowest BCUT2D eigenvalue weighted by Gasteiger charge is -2.23. The van der Waals surface area contributed by atoms with Gasteiger partial charge in [0.05, 0.1) is 9.88 Å². The van der Waals surface area contributed by atoms with Crippen molar-refractivity contribution in [3.8, 4) is 0 Å². The van der Waals surface area contributed by atoms with Crippen molar-refractivity contribution in [3.63, 3.8) is 0 Å². The summed E-state index contributed by atoms with van der Waals surface area (Å²) in [6.07, 6.45) is 1.44. The van der Waals surface area contributed by atoms with Crippen LogP contribution in [0.4, 0.5) is 0 Å². The standard InChI is InChI=1S/C15H24N2O2S2/c1-4-12(3)11-17(5-2)21(18,19)14-8-6-13(7-9-14)10-15(16)20/h6-9,12H,4-5,10-11H2,1-3H3,(H2,16,20). The van der Waals surface area contributed by atoms with Crippen LogP contribution in [0.2, 0.25) is 0 Å². The number of rotatable bonds is 8. The fourth-order valence-electron chi connectivity index (χ4n) is 2.00. The van der Waals surface area contributed by atoms with Gasteiger partial charge in [-0.25, -0.2) is 8.42 Å². The molecule has 21 heavy (non-hydrogen) atoms. The van der Waals surface area contributed by atoms with Crippen molar-refractivity contribution in [1.29, 1.82) is 0 Å². The molecule has 0 saturated heterocycles. The second kappa shape index (κ2) is 7.87. The van der Waals surface area contributed by atoms with Crippen LogP contribution in [-0.2, 0) is 16.4 Å². The van der Waals surface area contributed by atoms with E-state index in [1.807, 2.05) is 6.92 Å². The van der Waals surface area contributed by atoms with E-state index < -0.39 is 10.0 Å². The SMILES string of the molecule is CCC(C)CN(CC)S(=O)(=O)c1ccc(CC(N)=S)cc1. The molecule has 0 aliphatic heterocycles. The third-order valence-corrected chi connectivity index (χ3v) is 5.60. The molecule has 0 radical (unpaired) electrons. The van der Waals surface area contributed by atoms with Crippen LogP contribution in [0.1, 0.15) is 32.8 Å². The van der Waals surface area contributed by atoms with Gasteiger partial charge in [0.1, 0.15) is 0 Å². The van der Waals surface area contributed by atoms with E-state index in [1.165, 1.54) is 4.31 Å². The smallest absolute Gasteiger partial charge is 0.243 e. The molecule has 2 N–H and O–H groups in total. The van der Waals surface area contributed by atoms with E-state index in [-0.39, 0.29) is 0 Å². The lowest BCUT2D eigenvalue weighted by Crippen LogP contribution is -2.34. The van der Waals surface area contributed by atoms with Crippen LogP contribution in [0.15, 0.2) is 29.2 Å². The van der Waals surface area contributed by atoms with Crippen molar-refractivity contribution >= 4 is 27.2 Å². The molecule has 1 aromatic rings. The predicted molar refractivity (Wildman–Crippen MR) is 90.8 cm³/mol. The van der Waals surface area contributed by atoms with Crippen LogP contribution in [0.3, 0.4) is 0 Å². The molecule has 0 aliphatic carbocycles. The van der Waals surface area contributed by atoms with Crippen LogP contribution >= 0.6 is 12.2 Å². The van der Waals surface area contributed by atoms with Gasteiger partial charge in [-0.05, 0) is 23.6 Å².